The zero-order valence-corrected chi connectivity index (χ0v) is 10.5. The summed E-state index contributed by atoms with van der Waals surface area (Å²) in [4.78, 5) is 34.3. The Hall–Kier alpha value is -2.45. The fourth-order valence-electron chi connectivity index (χ4n) is 2.06. The largest absolute Gasteiger partial charge is 0.389 e. The number of alkyl halides is 3. The van der Waals surface area contributed by atoms with Gasteiger partial charge in [-0.15, -0.1) is 0 Å². The first kappa shape index (κ1) is 14.9. The second kappa shape index (κ2) is 5.15. The van der Waals surface area contributed by atoms with Gasteiger partial charge in [-0.3, -0.25) is 19.7 Å². The van der Waals surface area contributed by atoms with E-state index in [9.17, 15) is 32.9 Å². The van der Waals surface area contributed by atoms with E-state index in [1.807, 2.05) is 0 Å². The van der Waals surface area contributed by atoms with Crippen molar-refractivity contribution >= 4 is 23.1 Å². The Labute approximate surface area is 116 Å². The lowest BCUT2D eigenvalue weighted by molar-refractivity contribution is -0.384. The van der Waals surface area contributed by atoms with Crippen LogP contribution in [0.1, 0.15) is 23.2 Å². The van der Waals surface area contributed by atoms with Gasteiger partial charge in [0, 0.05) is 25.1 Å². The van der Waals surface area contributed by atoms with E-state index >= 15 is 0 Å². The van der Waals surface area contributed by atoms with Crippen molar-refractivity contribution in [3.63, 3.8) is 0 Å². The smallest absolute Gasteiger partial charge is 0.305 e. The quantitative estimate of drug-likeness (QED) is 0.486. The molecule has 0 fully saturated rings. The lowest BCUT2D eigenvalue weighted by atomic mass is 10.1. The van der Waals surface area contributed by atoms with Crippen molar-refractivity contribution in [2.24, 2.45) is 0 Å². The number of ketones is 1. The summed E-state index contributed by atoms with van der Waals surface area (Å²) in [6.45, 7) is -0.269. The van der Waals surface area contributed by atoms with Crippen molar-refractivity contribution in [1.29, 1.82) is 0 Å². The molecule has 1 aliphatic rings. The molecule has 0 bridgehead atoms. The second-order valence-electron chi connectivity index (χ2n) is 4.46. The average Bonchev–Trinajstić information content (AvgIpc) is 2.62. The predicted octanol–water partition coefficient (Wildman–Crippen LogP) is 2.47. The van der Waals surface area contributed by atoms with Gasteiger partial charge in [-0.1, -0.05) is 0 Å². The summed E-state index contributed by atoms with van der Waals surface area (Å²) in [5.41, 5.74) is -0.397. The third kappa shape index (κ3) is 3.01. The molecule has 1 aromatic rings. The number of nitro groups is 1. The maximum Gasteiger partial charge on any atom is 0.389 e. The van der Waals surface area contributed by atoms with Crippen molar-refractivity contribution in [3.8, 4) is 0 Å². The highest BCUT2D eigenvalue weighted by atomic mass is 19.4. The number of non-ortho nitro benzene ring substituents is 1. The van der Waals surface area contributed by atoms with Crippen molar-refractivity contribution in [2.45, 2.75) is 19.0 Å². The van der Waals surface area contributed by atoms with Crippen LogP contribution in [-0.2, 0) is 4.79 Å². The van der Waals surface area contributed by atoms with Gasteiger partial charge in [0.05, 0.1) is 16.2 Å². The fraction of sp³-hybridized carbons (Fsp3) is 0.333. The van der Waals surface area contributed by atoms with Gasteiger partial charge in [0.1, 0.15) is 0 Å². The Morgan fingerprint density at radius 1 is 1.24 bits per heavy atom. The molecule has 6 nitrogen and oxygen atoms in total. The van der Waals surface area contributed by atoms with E-state index < -0.39 is 29.2 Å². The van der Waals surface area contributed by atoms with Crippen LogP contribution in [0.3, 0.4) is 0 Å². The number of rotatable bonds is 4. The minimum absolute atomic E-state index is 0.109. The van der Waals surface area contributed by atoms with E-state index in [-0.39, 0.29) is 29.9 Å². The van der Waals surface area contributed by atoms with Crippen LogP contribution in [0.4, 0.5) is 24.5 Å². The molecule has 21 heavy (non-hydrogen) atoms. The lowest BCUT2D eigenvalue weighted by Crippen LogP contribution is -2.31. The Morgan fingerprint density at radius 2 is 1.90 bits per heavy atom. The van der Waals surface area contributed by atoms with Crippen molar-refractivity contribution in [2.75, 3.05) is 11.4 Å². The summed E-state index contributed by atoms with van der Waals surface area (Å²) in [6, 6.07) is 3.25. The first-order valence-electron chi connectivity index (χ1n) is 5.92. The lowest BCUT2D eigenvalue weighted by Gasteiger charge is -2.16. The first-order chi connectivity index (χ1) is 9.70. The third-order valence-electron chi connectivity index (χ3n) is 3.01. The Balaban J connectivity index is 2.21. The monoisotopic (exact) mass is 302 g/mol. The molecule has 0 saturated carbocycles. The highest BCUT2D eigenvalue weighted by molar-refractivity contribution is 6.52. The van der Waals surface area contributed by atoms with Crippen molar-refractivity contribution < 1.29 is 27.7 Å². The van der Waals surface area contributed by atoms with Gasteiger partial charge < -0.3 is 4.90 Å². The van der Waals surface area contributed by atoms with Crippen molar-refractivity contribution in [1.82, 2.24) is 0 Å². The van der Waals surface area contributed by atoms with E-state index in [4.69, 9.17) is 0 Å². The molecule has 1 aliphatic heterocycles. The molecule has 1 heterocycles. The molecule has 1 aromatic carbocycles. The molecule has 1 amide bonds. The van der Waals surface area contributed by atoms with Gasteiger partial charge in [0.25, 0.3) is 17.4 Å². The minimum atomic E-state index is -4.34. The van der Waals surface area contributed by atoms with Gasteiger partial charge in [0.15, 0.2) is 0 Å². The molecular formula is C12H9F3N2O4. The number of amides is 1. The molecule has 0 unspecified atom stereocenters. The number of fused-ring (bicyclic) bond motifs is 1. The summed E-state index contributed by atoms with van der Waals surface area (Å²) in [5, 5.41) is 10.6. The number of nitro benzene ring substituents is 1. The summed E-state index contributed by atoms with van der Waals surface area (Å²) in [5.74, 6) is -1.91. The Kier molecular flexibility index (Phi) is 3.67. The Morgan fingerprint density at radius 3 is 2.48 bits per heavy atom. The number of anilines is 1. The van der Waals surface area contributed by atoms with Crippen LogP contribution < -0.4 is 4.90 Å². The average molecular weight is 302 g/mol. The van der Waals surface area contributed by atoms with E-state index in [1.54, 1.807) is 0 Å². The van der Waals surface area contributed by atoms with Crippen LogP contribution in [-0.4, -0.2) is 29.3 Å². The van der Waals surface area contributed by atoms with Crippen molar-refractivity contribution in [3.05, 3.63) is 33.9 Å². The highest BCUT2D eigenvalue weighted by Crippen LogP contribution is 2.32. The van der Waals surface area contributed by atoms with Gasteiger partial charge in [-0.2, -0.15) is 13.2 Å². The highest BCUT2D eigenvalue weighted by Gasteiger charge is 2.37. The molecule has 0 saturated heterocycles. The third-order valence-corrected chi connectivity index (χ3v) is 3.01. The predicted molar refractivity (Wildman–Crippen MR) is 65.1 cm³/mol. The number of carbonyl (C=O) groups is 2. The van der Waals surface area contributed by atoms with Gasteiger partial charge >= 0.3 is 6.18 Å². The number of hydrogen-bond donors (Lipinski definition) is 0. The maximum absolute atomic E-state index is 12.1. The number of hydrogen-bond acceptors (Lipinski definition) is 4. The first-order valence-corrected chi connectivity index (χ1v) is 5.92. The molecule has 0 atom stereocenters. The Bertz CT molecular complexity index is 627. The fourth-order valence-corrected chi connectivity index (χ4v) is 2.06. The van der Waals surface area contributed by atoms with Crippen LogP contribution in [0.2, 0.25) is 0 Å². The topological polar surface area (TPSA) is 80.5 Å². The van der Waals surface area contributed by atoms with E-state index in [0.717, 1.165) is 17.0 Å². The summed E-state index contributed by atoms with van der Waals surface area (Å²) < 4.78 is 36.3. The molecule has 112 valence electrons. The zero-order valence-electron chi connectivity index (χ0n) is 10.5. The van der Waals surface area contributed by atoms with Gasteiger partial charge in [0.2, 0.25) is 0 Å². The molecular weight excluding hydrogens is 293 g/mol. The standard InChI is InChI=1S/C12H9F3N2O4/c13-12(14,15)4-1-5-16-9-3-2-7(17(20)21)6-8(9)10(18)11(16)19/h2-3,6H,1,4-5H2. The van der Waals surface area contributed by atoms with Crippen LogP contribution >= 0.6 is 0 Å². The summed E-state index contributed by atoms with van der Waals surface area (Å²) >= 11 is 0. The number of benzene rings is 1. The summed E-state index contributed by atoms with van der Waals surface area (Å²) in [7, 11) is 0. The van der Waals surface area contributed by atoms with E-state index in [1.165, 1.54) is 6.07 Å². The normalized spacial score (nSPS) is 14.5. The van der Waals surface area contributed by atoms with Crippen LogP contribution in [0.5, 0.6) is 0 Å². The second-order valence-corrected chi connectivity index (χ2v) is 4.46. The maximum atomic E-state index is 12.1. The molecule has 9 heteroatoms. The van der Waals surface area contributed by atoms with Crippen LogP contribution in [0.15, 0.2) is 18.2 Å². The molecule has 0 aliphatic carbocycles. The number of Topliss-reactive ketones (excluding diaryl/α,β-unsaturated/α-hetero) is 1. The van der Waals surface area contributed by atoms with E-state index in [0.29, 0.717) is 0 Å². The molecule has 2 rings (SSSR count). The number of carbonyl (C=O) groups excluding carboxylic acids is 2. The molecule has 0 aromatic heterocycles. The molecule has 0 radical (unpaired) electrons. The van der Waals surface area contributed by atoms with Crippen LogP contribution in [0.25, 0.3) is 0 Å². The van der Waals surface area contributed by atoms with E-state index in [2.05, 4.69) is 0 Å². The number of halogens is 3. The SMILES string of the molecule is O=C1C(=O)N(CCCC(F)(F)F)c2ccc([N+](=O)[O-])cc21. The van der Waals surface area contributed by atoms with Crippen LogP contribution in [0, 0.1) is 10.1 Å². The van der Waals surface area contributed by atoms with Gasteiger partial charge in [-0.25, -0.2) is 0 Å². The van der Waals surface area contributed by atoms with Gasteiger partial charge in [-0.05, 0) is 12.5 Å². The zero-order chi connectivity index (χ0) is 15.8. The summed E-state index contributed by atoms with van der Waals surface area (Å²) in [6.07, 6.45) is -5.77. The number of nitrogens with zero attached hydrogens (tertiary/aromatic N) is 2. The molecule has 0 N–H and O–H groups in total. The minimum Gasteiger partial charge on any atom is -0.305 e. The molecule has 0 spiro atoms.